The number of benzene rings is 2. The van der Waals surface area contributed by atoms with Crippen molar-refractivity contribution in [1.29, 1.82) is 0 Å². The van der Waals surface area contributed by atoms with Crippen molar-refractivity contribution in [2.75, 3.05) is 0 Å². The third-order valence-electron chi connectivity index (χ3n) is 3.73. The number of carbonyl (C=O) groups excluding carboxylic acids is 1. The molecule has 0 bridgehead atoms. The fourth-order valence-electron chi connectivity index (χ4n) is 2.58. The highest BCUT2D eigenvalue weighted by molar-refractivity contribution is 7.90. The highest BCUT2D eigenvalue weighted by Gasteiger charge is 2.22. The molecule has 5 nitrogen and oxygen atoms in total. The van der Waals surface area contributed by atoms with Crippen LogP contribution in [0.2, 0.25) is 0 Å². The number of aromatic nitrogens is 2. The summed E-state index contributed by atoms with van der Waals surface area (Å²) in [7, 11) is -3.58. The molecule has 6 heteroatoms. The first kappa shape index (κ1) is 16.1. The lowest BCUT2D eigenvalue weighted by Gasteiger charge is -2.11. The summed E-state index contributed by atoms with van der Waals surface area (Å²) in [6.45, 7) is 1.87. The van der Waals surface area contributed by atoms with Gasteiger partial charge in [0, 0.05) is 5.56 Å². The quantitative estimate of drug-likeness (QED) is 0.724. The molecule has 24 heavy (non-hydrogen) atoms. The predicted octanol–water partition coefficient (Wildman–Crippen LogP) is 3.17. The molecule has 1 heterocycles. The Morgan fingerprint density at radius 2 is 1.88 bits per heavy atom. The van der Waals surface area contributed by atoms with Crippen LogP contribution in [0.1, 0.15) is 21.5 Å². The molecule has 1 aromatic heterocycles. The van der Waals surface area contributed by atoms with Gasteiger partial charge in [-0.1, -0.05) is 42.0 Å². The molecule has 3 rings (SSSR count). The summed E-state index contributed by atoms with van der Waals surface area (Å²) in [5, 5.41) is 6.59. The fraction of sp³-hybridized carbons (Fsp3) is 0.111. The van der Waals surface area contributed by atoms with Gasteiger partial charge in [0.15, 0.2) is 16.1 Å². The van der Waals surface area contributed by atoms with Gasteiger partial charge in [-0.2, -0.15) is 5.10 Å². The lowest BCUT2D eigenvalue weighted by atomic mass is 10.1. The van der Waals surface area contributed by atoms with E-state index in [4.69, 9.17) is 0 Å². The van der Waals surface area contributed by atoms with Crippen molar-refractivity contribution in [2.24, 2.45) is 0 Å². The van der Waals surface area contributed by atoms with E-state index in [2.05, 4.69) is 10.2 Å². The monoisotopic (exact) mass is 340 g/mol. The Bertz CT molecular complexity index is 977. The van der Waals surface area contributed by atoms with Crippen LogP contribution in [0, 0.1) is 6.92 Å². The minimum atomic E-state index is -3.58. The van der Waals surface area contributed by atoms with Crippen LogP contribution in [-0.2, 0) is 15.6 Å². The summed E-state index contributed by atoms with van der Waals surface area (Å²) in [5.41, 5.74) is 2.82. The van der Waals surface area contributed by atoms with Crippen LogP contribution in [0.3, 0.4) is 0 Å². The summed E-state index contributed by atoms with van der Waals surface area (Å²) in [4.78, 5) is 11.4. The second-order valence-electron chi connectivity index (χ2n) is 5.56. The van der Waals surface area contributed by atoms with Gasteiger partial charge in [-0.15, -0.1) is 0 Å². The number of hydrogen-bond acceptors (Lipinski definition) is 4. The van der Waals surface area contributed by atoms with Crippen molar-refractivity contribution in [1.82, 2.24) is 10.2 Å². The molecular weight excluding hydrogens is 324 g/mol. The molecule has 0 saturated carbocycles. The van der Waals surface area contributed by atoms with Gasteiger partial charge in [0.2, 0.25) is 0 Å². The van der Waals surface area contributed by atoms with Crippen LogP contribution in [0.5, 0.6) is 0 Å². The molecule has 1 N–H and O–H groups in total. The Hall–Kier alpha value is -2.73. The Labute approximate surface area is 140 Å². The number of hydrogen-bond donors (Lipinski definition) is 1. The maximum Gasteiger partial charge on any atom is 0.183 e. The molecule has 0 spiro atoms. The summed E-state index contributed by atoms with van der Waals surface area (Å²) in [6, 6.07) is 14.1. The number of H-pyrrole nitrogens is 1. The normalized spacial score (nSPS) is 11.4. The van der Waals surface area contributed by atoms with Gasteiger partial charge in [0.05, 0.1) is 28.1 Å². The molecule has 0 amide bonds. The average Bonchev–Trinajstić information content (AvgIpc) is 3.03. The van der Waals surface area contributed by atoms with E-state index < -0.39 is 9.84 Å². The molecule has 0 radical (unpaired) electrons. The Kier molecular flexibility index (Phi) is 4.31. The zero-order chi connectivity index (χ0) is 17.2. The molecule has 3 aromatic rings. The molecule has 0 aliphatic rings. The van der Waals surface area contributed by atoms with Crippen molar-refractivity contribution < 1.29 is 13.2 Å². The zero-order valence-corrected chi connectivity index (χ0v) is 13.9. The van der Waals surface area contributed by atoms with Crippen molar-refractivity contribution in [3.05, 3.63) is 71.4 Å². The van der Waals surface area contributed by atoms with Crippen molar-refractivity contribution in [3.8, 4) is 11.3 Å². The highest BCUT2D eigenvalue weighted by Crippen LogP contribution is 2.30. The Balaban J connectivity index is 2.13. The first-order valence-electron chi connectivity index (χ1n) is 7.37. The Morgan fingerprint density at radius 3 is 2.58 bits per heavy atom. The van der Waals surface area contributed by atoms with Crippen LogP contribution < -0.4 is 0 Å². The van der Waals surface area contributed by atoms with Crippen LogP contribution in [0.25, 0.3) is 11.3 Å². The van der Waals surface area contributed by atoms with Gasteiger partial charge in [-0.3, -0.25) is 9.89 Å². The number of aryl methyl sites for hydroxylation is 1. The lowest BCUT2D eigenvalue weighted by Crippen LogP contribution is -2.07. The highest BCUT2D eigenvalue weighted by atomic mass is 32.2. The number of rotatable bonds is 5. The first-order valence-corrected chi connectivity index (χ1v) is 9.03. The Morgan fingerprint density at radius 1 is 1.12 bits per heavy atom. The van der Waals surface area contributed by atoms with Crippen molar-refractivity contribution >= 4 is 16.1 Å². The third-order valence-corrected chi connectivity index (χ3v) is 5.47. The molecule has 2 aromatic carbocycles. The molecule has 0 aliphatic carbocycles. The van der Waals surface area contributed by atoms with Gasteiger partial charge in [0.1, 0.15) is 0 Å². The standard InChI is InChI=1S/C18H16N2O3S/c1-13-7-8-17(16(9-13)18-15(11-21)10-19-20-18)24(22,23)12-14-5-3-2-4-6-14/h2-11H,12H2,1H3,(H,19,20). The van der Waals surface area contributed by atoms with Gasteiger partial charge in [0.25, 0.3) is 0 Å². The summed E-state index contributed by atoms with van der Waals surface area (Å²) in [5.74, 6) is -0.103. The van der Waals surface area contributed by atoms with Crippen LogP contribution in [-0.4, -0.2) is 24.9 Å². The minimum Gasteiger partial charge on any atom is -0.298 e. The van der Waals surface area contributed by atoms with Gasteiger partial charge < -0.3 is 0 Å². The average molecular weight is 340 g/mol. The number of aromatic amines is 1. The van der Waals surface area contributed by atoms with Crippen LogP contribution in [0.15, 0.2) is 59.6 Å². The van der Waals surface area contributed by atoms with Crippen LogP contribution >= 0.6 is 0 Å². The second-order valence-corrected chi connectivity index (χ2v) is 7.52. The smallest absolute Gasteiger partial charge is 0.183 e. The fourth-order valence-corrected chi connectivity index (χ4v) is 4.14. The molecule has 0 unspecified atom stereocenters. The lowest BCUT2D eigenvalue weighted by molar-refractivity contribution is 0.112. The number of nitrogens with zero attached hydrogens (tertiary/aromatic N) is 1. The SMILES string of the molecule is Cc1ccc(S(=O)(=O)Cc2ccccc2)c(-c2[nH]ncc2C=O)c1. The van der Waals surface area contributed by atoms with E-state index in [-0.39, 0.29) is 10.6 Å². The van der Waals surface area contributed by atoms with E-state index >= 15 is 0 Å². The number of carbonyl (C=O) groups is 1. The van der Waals surface area contributed by atoms with Crippen molar-refractivity contribution in [2.45, 2.75) is 17.6 Å². The van der Waals surface area contributed by atoms with E-state index in [9.17, 15) is 13.2 Å². The summed E-state index contributed by atoms with van der Waals surface area (Å²) >= 11 is 0. The number of nitrogens with one attached hydrogen (secondary N) is 1. The van der Waals surface area contributed by atoms with E-state index in [1.54, 1.807) is 42.5 Å². The minimum absolute atomic E-state index is 0.103. The molecule has 0 saturated heterocycles. The molecule has 0 aliphatic heterocycles. The zero-order valence-electron chi connectivity index (χ0n) is 13.1. The van der Waals surface area contributed by atoms with Gasteiger partial charge >= 0.3 is 0 Å². The summed E-state index contributed by atoms with van der Waals surface area (Å²) < 4.78 is 25.8. The molecule has 122 valence electrons. The molecule has 0 fully saturated rings. The van der Waals surface area contributed by atoms with E-state index in [0.717, 1.165) is 5.56 Å². The first-order chi connectivity index (χ1) is 11.5. The molecule has 0 atom stereocenters. The largest absolute Gasteiger partial charge is 0.298 e. The van der Waals surface area contributed by atoms with Crippen LogP contribution in [0.4, 0.5) is 0 Å². The predicted molar refractivity (Wildman–Crippen MR) is 91.5 cm³/mol. The van der Waals surface area contributed by atoms with E-state index in [1.807, 2.05) is 13.0 Å². The topological polar surface area (TPSA) is 79.9 Å². The van der Waals surface area contributed by atoms with Gasteiger partial charge in [-0.05, 0) is 24.6 Å². The van der Waals surface area contributed by atoms with E-state index in [0.29, 0.717) is 28.7 Å². The molecular formula is C18H16N2O3S. The van der Waals surface area contributed by atoms with Gasteiger partial charge in [-0.25, -0.2) is 8.42 Å². The number of aldehydes is 1. The second kappa shape index (κ2) is 6.41. The van der Waals surface area contributed by atoms with Crippen molar-refractivity contribution in [3.63, 3.8) is 0 Å². The third kappa shape index (κ3) is 3.14. The maximum atomic E-state index is 12.9. The van der Waals surface area contributed by atoms with E-state index in [1.165, 1.54) is 6.20 Å². The maximum absolute atomic E-state index is 12.9. The number of sulfone groups is 1. The summed E-state index contributed by atoms with van der Waals surface area (Å²) in [6.07, 6.45) is 2.05.